The minimum absolute atomic E-state index is 0.0437. The first-order chi connectivity index (χ1) is 7.60. The van der Waals surface area contributed by atoms with E-state index in [1.165, 1.54) is 12.3 Å². The highest BCUT2D eigenvalue weighted by atomic mass is 35.5. The molecular weight excluding hydrogens is 227 g/mol. The largest absolute Gasteiger partial charge is 0.314 e. The second-order valence-corrected chi connectivity index (χ2v) is 4.32. The Morgan fingerprint density at radius 3 is 2.69 bits per heavy atom. The normalized spacial score (nSPS) is 14.8. The summed E-state index contributed by atoms with van der Waals surface area (Å²) in [6.45, 7) is 6.98. The maximum absolute atomic E-state index is 13.7. The number of nitrogens with zero attached hydrogens (tertiary/aromatic N) is 1. The minimum atomic E-state index is -0.323. The molecule has 2 unspecified atom stereocenters. The van der Waals surface area contributed by atoms with Gasteiger partial charge in [0.1, 0.15) is 5.82 Å². The molecule has 0 aromatic carbocycles. The Morgan fingerprint density at radius 1 is 1.50 bits per heavy atom. The van der Waals surface area contributed by atoms with Crippen LogP contribution in [0.15, 0.2) is 12.3 Å². The molecule has 1 rings (SSSR count). The number of pyridine rings is 1. The number of nitrogens with one attached hydrogen (secondary N) is 1. The van der Waals surface area contributed by atoms with Gasteiger partial charge in [0.05, 0.1) is 10.7 Å². The number of rotatable bonds is 5. The highest BCUT2D eigenvalue weighted by Gasteiger charge is 2.20. The van der Waals surface area contributed by atoms with Crippen molar-refractivity contribution in [1.82, 2.24) is 10.3 Å². The predicted octanol–water partition coefficient (Wildman–Crippen LogP) is 3.37. The van der Waals surface area contributed by atoms with Crippen molar-refractivity contribution in [3.05, 3.63) is 28.8 Å². The number of halogens is 2. The molecule has 1 N–H and O–H groups in total. The van der Waals surface area contributed by atoms with Crippen molar-refractivity contribution in [3.8, 4) is 0 Å². The van der Waals surface area contributed by atoms with E-state index in [9.17, 15) is 4.39 Å². The van der Waals surface area contributed by atoms with Crippen LogP contribution in [-0.4, -0.2) is 17.6 Å². The first-order valence-electron chi connectivity index (χ1n) is 5.64. The van der Waals surface area contributed by atoms with Gasteiger partial charge in [0.15, 0.2) is 0 Å². The molecule has 0 aliphatic heterocycles. The van der Waals surface area contributed by atoms with Crippen LogP contribution in [0.4, 0.5) is 4.39 Å². The highest BCUT2D eigenvalue weighted by molar-refractivity contribution is 6.30. The molecule has 1 heterocycles. The van der Waals surface area contributed by atoms with Gasteiger partial charge in [0.2, 0.25) is 0 Å². The van der Waals surface area contributed by atoms with Crippen LogP contribution in [0.2, 0.25) is 5.02 Å². The molecule has 0 bridgehead atoms. The molecule has 4 heteroatoms. The molecular formula is C12H18ClFN2. The van der Waals surface area contributed by atoms with Crippen LogP contribution in [0.25, 0.3) is 0 Å². The zero-order chi connectivity index (χ0) is 12.1. The summed E-state index contributed by atoms with van der Waals surface area (Å²) in [7, 11) is 0. The van der Waals surface area contributed by atoms with E-state index in [1.807, 2.05) is 13.8 Å². The van der Waals surface area contributed by atoms with Gasteiger partial charge in [-0.1, -0.05) is 32.4 Å². The summed E-state index contributed by atoms with van der Waals surface area (Å²) in [5, 5.41) is 3.67. The number of hydrogen-bond acceptors (Lipinski definition) is 2. The lowest BCUT2D eigenvalue weighted by Crippen LogP contribution is -2.33. The Balaban J connectivity index is 2.89. The van der Waals surface area contributed by atoms with Gasteiger partial charge in [-0.25, -0.2) is 4.39 Å². The molecule has 2 atom stereocenters. The van der Waals surface area contributed by atoms with E-state index in [0.29, 0.717) is 10.7 Å². The molecule has 2 nitrogen and oxygen atoms in total. The van der Waals surface area contributed by atoms with Crippen molar-refractivity contribution in [1.29, 1.82) is 0 Å². The SMILES string of the molecule is CCNC(CC)C(C)c1ncc(Cl)cc1F. The van der Waals surface area contributed by atoms with E-state index >= 15 is 0 Å². The fourth-order valence-electron chi connectivity index (χ4n) is 1.89. The Bertz CT molecular complexity index is 344. The molecule has 0 amide bonds. The monoisotopic (exact) mass is 244 g/mol. The summed E-state index contributed by atoms with van der Waals surface area (Å²) in [6, 6.07) is 1.56. The van der Waals surface area contributed by atoms with Gasteiger partial charge in [-0.05, 0) is 19.0 Å². The summed E-state index contributed by atoms with van der Waals surface area (Å²) in [6.07, 6.45) is 2.44. The third-order valence-corrected chi connectivity index (χ3v) is 2.98. The van der Waals surface area contributed by atoms with Crippen LogP contribution in [0.1, 0.15) is 38.8 Å². The van der Waals surface area contributed by atoms with Gasteiger partial charge in [-0.3, -0.25) is 4.98 Å². The summed E-state index contributed by atoms with van der Waals surface area (Å²) in [5.74, 6) is -0.279. The van der Waals surface area contributed by atoms with Crippen LogP contribution >= 0.6 is 11.6 Å². The number of likely N-dealkylation sites (N-methyl/N-ethyl adjacent to an activating group) is 1. The maximum atomic E-state index is 13.7. The average Bonchev–Trinajstić information content (AvgIpc) is 2.25. The Labute approximate surface area is 101 Å². The van der Waals surface area contributed by atoms with E-state index in [0.717, 1.165) is 13.0 Å². The van der Waals surface area contributed by atoms with E-state index in [4.69, 9.17) is 11.6 Å². The molecule has 0 aliphatic rings. The molecule has 0 saturated heterocycles. The standard InChI is InChI=1S/C12H18ClFN2/c1-4-11(15-5-2)8(3)12-10(14)6-9(13)7-16-12/h6-8,11,15H,4-5H2,1-3H3. The second-order valence-electron chi connectivity index (χ2n) is 3.88. The molecule has 0 fully saturated rings. The van der Waals surface area contributed by atoms with Gasteiger partial charge in [-0.2, -0.15) is 0 Å². The minimum Gasteiger partial charge on any atom is -0.314 e. The van der Waals surface area contributed by atoms with Crippen LogP contribution < -0.4 is 5.32 Å². The van der Waals surface area contributed by atoms with Gasteiger partial charge in [0, 0.05) is 18.2 Å². The summed E-state index contributed by atoms with van der Waals surface area (Å²) < 4.78 is 13.7. The van der Waals surface area contributed by atoms with Crippen LogP contribution in [0, 0.1) is 5.82 Å². The van der Waals surface area contributed by atoms with Crippen molar-refractivity contribution < 1.29 is 4.39 Å². The Hall–Kier alpha value is -0.670. The molecule has 0 spiro atoms. The summed E-state index contributed by atoms with van der Waals surface area (Å²) in [4.78, 5) is 4.08. The average molecular weight is 245 g/mol. The zero-order valence-electron chi connectivity index (χ0n) is 9.93. The first kappa shape index (κ1) is 13.4. The quantitative estimate of drug-likeness (QED) is 0.859. The molecule has 1 aromatic heterocycles. The lowest BCUT2D eigenvalue weighted by atomic mass is 9.95. The lowest BCUT2D eigenvalue weighted by Gasteiger charge is -2.23. The molecule has 0 radical (unpaired) electrons. The van der Waals surface area contributed by atoms with Crippen molar-refractivity contribution in [3.63, 3.8) is 0 Å². The van der Waals surface area contributed by atoms with Crippen molar-refractivity contribution in [2.75, 3.05) is 6.54 Å². The van der Waals surface area contributed by atoms with Crippen molar-refractivity contribution >= 4 is 11.6 Å². The van der Waals surface area contributed by atoms with Gasteiger partial charge in [0.25, 0.3) is 0 Å². The van der Waals surface area contributed by atoms with Gasteiger partial charge < -0.3 is 5.32 Å². The van der Waals surface area contributed by atoms with Gasteiger partial charge >= 0.3 is 0 Å². The predicted molar refractivity (Wildman–Crippen MR) is 65.4 cm³/mol. The zero-order valence-corrected chi connectivity index (χ0v) is 10.7. The molecule has 90 valence electrons. The Kier molecular flexibility index (Phi) is 5.16. The maximum Gasteiger partial charge on any atom is 0.146 e. The van der Waals surface area contributed by atoms with Crippen LogP contribution in [0.5, 0.6) is 0 Å². The van der Waals surface area contributed by atoms with Crippen LogP contribution in [0.3, 0.4) is 0 Å². The smallest absolute Gasteiger partial charge is 0.146 e. The highest BCUT2D eigenvalue weighted by Crippen LogP contribution is 2.23. The third-order valence-electron chi connectivity index (χ3n) is 2.78. The lowest BCUT2D eigenvalue weighted by molar-refractivity contribution is 0.428. The van der Waals surface area contributed by atoms with E-state index in [-0.39, 0.29) is 17.8 Å². The summed E-state index contributed by atoms with van der Waals surface area (Å²) in [5.41, 5.74) is 0.484. The molecule has 16 heavy (non-hydrogen) atoms. The summed E-state index contributed by atoms with van der Waals surface area (Å²) >= 11 is 5.68. The van der Waals surface area contributed by atoms with E-state index in [2.05, 4.69) is 17.2 Å². The molecule has 0 saturated carbocycles. The van der Waals surface area contributed by atoms with Crippen LogP contribution in [-0.2, 0) is 0 Å². The Morgan fingerprint density at radius 2 is 2.19 bits per heavy atom. The molecule has 0 aliphatic carbocycles. The molecule has 1 aromatic rings. The topological polar surface area (TPSA) is 24.9 Å². The first-order valence-corrected chi connectivity index (χ1v) is 6.02. The fourth-order valence-corrected chi connectivity index (χ4v) is 2.03. The van der Waals surface area contributed by atoms with Crippen molar-refractivity contribution in [2.45, 2.75) is 39.2 Å². The number of hydrogen-bond donors (Lipinski definition) is 1. The van der Waals surface area contributed by atoms with E-state index in [1.54, 1.807) is 0 Å². The fraction of sp³-hybridized carbons (Fsp3) is 0.583. The van der Waals surface area contributed by atoms with Gasteiger partial charge in [-0.15, -0.1) is 0 Å². The second kappa shape index (κ2) is 6.16. The van der Waals surface area contributed by atoms with Crippen molar-refractivity contribution in [2.24, 2.45) is 0 Å². The third kappa shape index (κ3) is 3.16. The van der Waals surface area contributed by atoms with E-state index < -0.39 is 0 Å². The number of aromatic nitrogens is 1.